The van der Waals surface area contributed by atoms with Crippen molar-refractivity contribution in [1.82, 2.24) is 19.6 Å². The summed E-state index contributed by atoms with van der Waals surface area (Å²) in [6.07, 6.45) is 0.0989. The molecule has 2 aliphatic heterocycles. The van der Waals surface area contributed by atoms with Crippen LogP contribution in [0.4, 0.5) is 0 Å². The van der Waals surface area contributed by atoms with Crippen LogP contribution in [0.5, 0.6) is 5.75 Å². The van der Waals surface area contributed by atoms with Crippen LogP contribution in [0, 0.1) is 0 Å². The molecule has 7 nitrogen and oxygen atoms in total. The minimum atomic E-state index is -0.538. The number of aliphatic hydroxyl groups excluding tert-OH is 1. The molecule has 1 amide bonds. The summed E-state index contributed by atoms with van der Waals surface area (Å²) in [4.78, 5) is 16.9. The summed E-state index contributed by atoms with van der Waals surface area (Å²) in [5.41, 5.74) is 2.81. The van der Waals surface area contributed by atoms with Gasteiger partial charge in [0.05, 0.1) is 37.1 Å². The first-order valence-corrected chi connectivity index (χ1v) is 9.59. The van der Waals surface area contributed by atoms with Crippen molar-refractivity contribution in [1.29, 1.82) is 0 Å². The van der Waals surface area contributed by atoms with Gasteiger partial charge in [0.1, 0.15) is 12.4 Å². The van der Waals surface area contributed by atoms with Crippen LogP contribution in [0.1, 0.15) is 36.4 Å². The van der Waals surface area contributed by atoms with Crippen molar-refractivity contribution in [2.45, 2.75) is 39.1 Å². The Balaban J connectivity index is 1.40. The van der Waals surface area contributed by atoms with Crippen molar-refractivity contribution in [3.05, 3.63) is 47.3 Å². The molecule has 1 atom stereocenters. The number of nitrogens with zero attached hydrogens (tertiary/aromatic N) is 4. The molecule has 1 aromatic heterocycles. The summed E-state index contributed by atoms with van der Waals surface area (Å²) < 4.78 is 7.70. The van der Waals surface area contributed by atoms with Gasteiger partial charge in [0.25, 0.3) is 0 Å². The molecule has 2 aromatic rings. The summed E-state index contributed by atoms with van der Waals surface area (Å²) >= 11 is 0. The van der Waals surface area contributed by atoms with Gasteiger partial charge in [-0.05, 0) is 18.6 Å². The summed E-state index contributed by atoms with van der Waals surface area (Å²) in [6, 6.07) is 9.93. The smallest absolute Gasteiger partial charge is 0.237 e. The Kier molecular flexibility index (Phi) is 5.13. The fraction of sp³-hybridized carbons (Fsp3) is 0.500. The lowest BCUT2D eigenvalue weighted by Gasteiger charge is -2.30. The predicted molar refractivity (Wildman–Crippen MR) is 100 cm³/mol. The normalized spacial score (nSPS) is 18.2. The number of amides is 1. The summed E-state index contributed by atoms with van der Waals surface area (Å²) in [5, 5.41) is 14.5. The molecule has 3 heterocycles. The van der Waals surface area contributed by atoms with E-state index in [1.165, 1.54) is 0 Å². The average molecular weight is 370 g/mol. The molecule has 1 unspecified atom stereocenters. The van der Waals surface area contributed by atoms with Crippen LogP contribution in [0.15, 0.2) is 30.3 Å². The zero-order valence-electron chi connectivity index (χ0n) is 15.7. The van der Waals surface area contributed by atoms with E-state index in [1.54, 1.807) is 0 Å². The molecule has 1 aromatic carbocycles. The van der Waals surface area contributed by atoms with E-state index >= 15 is 0 Å². The fourth-order valence-corrected chi connectivity index (χ4v) is 3.68. The molecule has 1 N–H and O–H groups in total. The number of aliphatic hydroxyl groups is 1. The maximum atomic E-state index is 12.9. The molecule has 0 bridgehead atoms. The Morgan fingerprint density at radius 3 is 2.96 bits per heavy atom. The number of fused-ring (bicyclic) bond motifs is 2. The Labute approximate surface area is 159 Å². The van der Waals surface area contributed by atoms with Gasteiger partial charge in [0, 0.05) is 25.2 Å². The topological polar surface area (TPSA) is 70.8 Å². The zero-order valence-corrected chi connectivity index (χ0v) is 15.7. The monoisotopic (exact) mass is 370 g/mol. The van der Waals surface area contributed by atoms with Crippen LogP contribution in [0.2, 0.25) is 0 Å². The highest BCUT2D eigenvalue weighted by atomic mass is 16.5. The summed E-state index contributed by atoms with van der Waals surface area (Å²) in [6.45, 7) is 6.23. The van der Waals surface area contributed by atoms with Gasteiger partial charge in [0.15, 0.2) is 0 Å². The van der Waals surface area contributed by atoms with Crippen LogP contribution in [-0.4, -0.2) is 56.8 Å². The van der Waals surface area contributed by atoms with Gasteiger partial charge >= 0.3 is 0 Å². The lowest BCUT2D eigenvalue weighted by molar-refractivity contribution is -0.134. The number of hydrogen-bond donors (Lipinski definition) is 1. The maximum absolute atomic E-state index is 12.9. The van der Waals surface area contributed by atoms with Crippen LogP contribution in [0.3, 0.4) is 0 Å². The van der Waals surface area contributed by atoms with Gasteiger partial charge in [-0.1, -0.05) is 25.1 Å². The lowest BCUT2D eigenvalue weighted by Crippen LogP contribution is -2.44. The van der Waals surface area contributed by atoms with E-state index < -0.39 is 6.10 Å². The van der Waals surface area contributed by atoms with Crippen molar-refractivity contribution in [3.63, 3.8) is 0 Å². The molecule has 27 heavy (non-hydrogen) atoms. The molecule has 2 aliphatic rings. The van der Waals surface area contributed by atoms with Crippen molar-refractivity contribution in [2.24, 2.45) is 0 Å². The molecule has 4 rings (SSSR count). The van der Waals surface area contributed by atoms with Crippen molar-refractivity contribution < 1.29 is 14.6 Å². The predicted octanol–water partition coefficient (Wildman–Crippen LogP) is 1.56. The Bertz CT molecular complexity index is 819. The fourth-order valence-electron chi connectivity index (χ4n) is 3.68. The number of rotatable bonds is 4. The van der Waals surface area contributed by atoms with Crippen molar-refractivity contribution in [2.75, 3.05) is 26.2 Å². The van der Waals surface area contributed by atoms with Gasteiger partial charge in [-0.15, -0.1) is 0 Å². The second kappa shape index (κ2) is 7.70. The third-order valence-corrected chi connectivity index (χ3v) is 5.29. The molecule has 0 saturated heterocycles. The highest BCUT2D eigenvalue weighted by molar-refractivity contribution is 5.78. The molecule has 144 valence electrons. The molecule has 0 spiro atoms. The molecular formula is C20H26N4O3. The number of para-hydroxylation sites is 1. The largest absolute Gasteiger partial charge is 0.492 e. The van der Waals surface area contributed by atoms with E-state index in [9.17, 15) is 9.90 Å². The first-order valence-electron chi connectivity index (χ1n) is 9.59. The van der Waals surface area contributed by atoms with E-state index in [1.807, 2.05) is 40.8 Å². The van der Waals surface area contributed by atoms with E-state index in [-0.39, 0.29) is 5.91 Å². The van der Waals surface area contributed by atoms with Crippen LogP contribution in [-0.2, 0) is 24.4 Å². The van der Waals surface area contributed by atoms with E-state index in [4.69, 9.17) is 4.74 Å². The minimum absolute atomic E-state index is 0.124. The lowest BCUT2D eigenvalue weighted by atomic mass is 10.2. The van der Waals surface area contributed by atoms with Gasteiger partial charge in [0.2, 0.25) is 5.91 Å². The SMILES string of the molecule is CCC(O)c1cc2n(n1)CCN(C(=O)CN1CCOc3ccccc3C1)C2. The molecule has 7 heteroatoms. The number of carbonyl (C=O) groups is 1. The number of benzene rings is 1. The Hall–Kier alpha value is -2.38. The maximum Gasteiger partial charge on any atom is 0.237 e. The average Bonchev–Trinajstić information content (AvgIpc) is 3.01. The van der Waals surface area contributed by atoms with Crippen LogP contribution < -0.4 is 4.74 Å². The van der Waals surface area contributed by atoms with Gasteiger partial charge in [-0.3, -0.25) is 14.4 Å². The van der Waals surface area contributed by atoms with Crippen molar-refractivity contribution in [3.8, 4) is 5.75 Å². The first kappa shape index (κ1) is 18.0. The van der Waals surface area contributed by atoms with E-state index in [2.05, 4.69) is 16.1 Å². The van der Waals surface area contributed by atoms with E-state index in [0.29, 0.717) is 44.9 Å². The Morgan fingerprint density at radius 2 is 2.11 bits per heavy atom. The first-order chi connectivity index (χ1) is 13.1. The third-order valence-electron chi connectivity index (χ3n) is 5.29. The highest BCUT2D eigenvalue weighted by Gasteiger charge is 2.25. The minimum Gasteiger partial charge on any atom is -0.492 e. The molecule has 0 saturated carbocycles. The third kappa shape index (κ3) is 3.84. The van der Waals surface area contributed by atoms with Crippen LogP contribution >= 0.6 is 0 Å². The van der Waals surface area contributed by atoms with Crippen LogP contribution in [0.25, 0.3) is 0 Å². The number of ether oxygens (including phenoxy) is 1. The number of hydrogen-bond acceptors (Lipinski definition) is 5. The summed E-state index contributed by atoms with van der Waals surface area (Å²) in [7, 11) is 0. The van der Waals surface area contributed by atoms with Gasteiger partial charge < -0.3 is 14.7 Å². The molecular weight excluding hydrogens is 344 g/mol. The molecule has 0 fully saturated rings. The number of aromatic nitrogens is 2. The highest BCUT2D eigenvalue weighted by Crippen LogP contribution is 2.23. The molecule has 0 radical (unpaired) electrons. The molecule has 0 aliphatic carbocycles. The standard InChI is InChI=1S/C20H26N4O3/c1-2-18(25)17-11-16-13-23(7-8-24(16)21-17)20(26)14-22-9-10-27-19-6-4-3-5-15(19)12-22/h3-6,11,18,25H,2,7-10,12-14H2,1H3. The Morgan fingerprint density at radius 1 is 1.26 bits per heavy atom. The zero-order chi connectivity index (χ0) is 18.8. The second-order valence-corrected chi connectivity index (χ2v) is 7.19. The quantitative estimate of drug-likeness (QED) is 0.885. The summed E-state index contributed by atoms with van der Waals surface area (Å²) in [5.74, 6) is 1.04. The second-order valence-electron chi connectivity index (χ2n) is 7.19. The van der Waals surface area contributed by atoms with Crippen molar-refractivity contribution >= 4 is 5.91 Å². The van der Waals surface area contributed by atoms with Gasteiger partial charge in [-0.2, -0.15) is 5.10 Å². The van der Waals surface area contributed by atoms with E-state index in [0.717, 1.165) is 30.1 Å². The van der Waals surface area contributed by atoms with Gasteiger partial charge in [-0.25, -0.2) is 0 Å². The number of carbonyl (C=O) groups excluding carboxylic acids is 1.